The van der Waals surface area contributed by atoms with Crippen LogP contribution in [0.5, 0.6) is 17.2 Å². The maximum Gasteiger partial charge on any atom is 0.347 e. The topological polar surface area (TPSA) is 68.5 Å². The van der Waals surface area contributed by atoms with E-state index in [1.165, 1.54) is 14.2 Å². The Morgan fingerprint density at radius 1 is 0.933 bits per heavy atom. The number of methoxy groups -OCH3 is 2. The Labute approximate surface area is 179 Å². The fourth-order valence-electron chi connectivity index (χ4n) is 2.80. The molecule has 0 fully saturated rings. The van der Waals surface area contributed by atoms with E-state index in [2.05, 4.69) is 6.07 Å². The lowest BCUT2D eigenvalue weighted by atomic mass is 10.0. The highest BCUT2D eigenvalue weighted by molar-refractivity contribution is 6.30. The van der Waals surface area contributed by atoms with Crippen LogP contribution in [0.3, 0.4) is 0 Å². The van der Waals surface area contributed by atoms with Crippen molar-refractivity contribution in [3.63, 3.8) is 0 Å². The highest BCUT2D eigenvalue weighted by Gasteiger charge is 2.16. The first-order chi connectivity index (χ1) is 14.5. The predicted molar refractivity (Wildman–Crippen MR) is 116 cm³/mol. The van der Waals surface area contributed by atoms with Crippen molar-refractivity contribution in [1.82, 2.24) is 0 Å². The van der Waals surface area contributed by atoms with Gasteiger partial charge in [-0.15, -0.1) is 0 Å². The molecule has 6 heteroatoms. The van der Waals surface area contributed by atoms with E-state index in [0.29, 0.717) is 27.7 Å². The average Bonchev–Trinajstić information content (AvgIpc) is 2.78. The highest BCUT2D eigenvalue weighted by Crippen LogP contribution is 2.31. The quantitative estimate of drug-likeness (QED) is 0.224. The summed E-state index contributed by atoms with van der Waals surface area (Å²) < 4.78 is 16.1. The Balaban J connectivity index is 1.88. The van der Waals surface area contributed by atoms with Gasteiger partial charge >= 0.3 is 5.97 Å². The van der Waals surface area contributed by atoms with Crippen LogP contribution < -0.4 is 14.2 Å². The fraction of sp³-hybridized carbons (Fsp3) is 0.0833. The van der Waals surface area contributed by atoms with Gasteiger partial charge in [0.1, 0.15) is 11.3 Å². The minimum Gasteiger partial charge on any atom is -0.496 e. The van der Waals surface area contributed by atoms with Crippen molar-refractivity contribution in [2.45, 2.75) is 0 Å². The summed E-state index contributed by atoms with van der Waals surface area (Å²) in [5.74, 6) is 0.478. The van der Waals surface area contributed by atoms with Crippen molar-refractivity contribution in [2.75, 3.05) is 14.2 Å². The van der Waals surface area contributed by atoms with E-state index in [0.717, 1.165) is 11.1 Å². The summed E-state index contributed by atoms with van der Waals surface area (Å²) >= 11 is 5.91. The lowest BCUT2D eigenvalue weighted by Crippen LogP contribution is -2.10. The van der Waals surface area contributed by atoms with Gasteiger partial charge in [0, 0.05) is 5.02 Å². The zero-order valence-electron chi connectivity index (χ0n) is 16.4. The Hall–Kier alpha value is -3.75. The highest BCUT2D eigenvalue weighted by atomic mass is 35.5. The molecule has 0 heterocycles. The number of para-hydroxylation sites is 1. The van der Waals surface area contributed by atoms with Gasteiger partial charge in [-0.3, -0.25) is 0 Å². The molecule has 0 spiro atoms. The Kier molecular flexibility index (Phi) is 6.74. The second kappa shape index (κ2) is 9.64. The second-order valence-electron chi connectivity index (χ2n) is 6.18. The van der Waals surface area contributed by atoms with E-state index >= 15 is 0 Å². The van der Waals surface area contributed by atoms with Crippen molar-refractivity contribution in [2.24, 2.45) is 0 Å². The molecule has 0 atom stereocenters. The SMILES string of the molecule is COc1cc(C=C(C#N)c2ccc(Cl)cc2)ccc1OC(=O)c1ccccc1OC. The number of hydrogen-bond donors (Lipinski definition) is 0. The molecule has 0 aliphatic heterocycles. The molecular weight excluding hydrogens is 402 g/mol. The molecular formula is C24H18ClNO4. The number of nitriles is 1. The van der Waals surface area contributed by atoms with Gasteiger partial charge in [-0.1, -0.05) is 41.9 Å². The molecule has 0 aliphatic carbocycles. The molecule has 0 radical (unpaired) electrons. The van der Waals surface area contributed by atoms with Crippen LogP contribution in [-0.4, -0.2) is 20.2 Å². The molecule has 3 aromatic carbocycles. The largest absolute Gasteiger partial charge is 0.496 e. The lowest BCUT2D eigenvalue weighted by molar-refractivity contribution is 0.0726. The number of carbonyl (C=O) groups is 1. The van der Waals surface area contributed by atoms with Gasteiger partial charge in [0.15, 0.2) is 11.5 Å². The molecule has 0 unspecified atom stereocenters. The van der Waals surface area contributed by atoms with Crippen LogP contribution in [0.1, 0.15) is 21.5 Å². The first-order valence-corrected chi connectivity index (χ1v) is 9.34. The smallest absolute Gasteiger partial charge is 0.347 e. The van der Waals surface area contributed by atoms with Crippen LogP contribution in [0.4, 0.5) is 0 Å². The number of halogens is 1. The number of benzene rings is 3. The van der Waals surface area contributed by atoms with Gasteiger partial charge in [0.05, 0.1) is 25.9 Å². The summed E-state index contributed by atoms with van der Waals surface area (Å²) in [6.07, 6.45) is 1.72. The van der Waals surface area contributed by atoms with Crippen LogP contribution in [-0.2, 0) is 0 Å². The van der Waals surface area contributed by atoms with Gasteiger partial charge in [-0.05, 0) is 53.6 Å². The van der Waals surface area contributed by atoms with Crippen LogP contribution in [0.15, 0.2) is 66.7 Å². The fourth-order valence-corrected chi connectivity index (χ4v) is 2.93. The number of esters is 1. The molecule has 0 saturated heterocycles. The van der Waals surface area contributed by atoms with E-state index in [-0.39, 0.29) is 5.75 Å². The van der Waals surface area contributed by atoms with Gasteiger partial charge in [0.2, 0.25) is 0 Å². The molecule has 30 heavy (non-hydrogen) atoms. The maximum atomic E-state index is 12.6. The summed E-state index contributed by atoms with van der Waals surface area (Å²) in [7, 11) is 2.97. The number of nitrogens with zero attached hydrogens (tertiary/aromatic N) is 1. The third kappa shape index (κ3) is 4.80. The van der Waals surface area contributed by atoms with Gasteiger partial charge < -0.3 is 14.2 Å². The Morgan fingerprint density at radius 3 is 2.30 bits per heavy atom. The molecule has 150 valence electrons. The van der Waals surface area contributed by atoms with Crippen LogP contribution >= 0.6 is 11.6 Å². The van der Waals surface area contributed by atoms with Gasteiger partial charge in [0.25, 0.3) is 0 Å². The number of ether oxygens (including phenoxy) is 3. The molecule has 0 amide bonds. The normalized spacial score (nSPS) is 10.8. The van der Waals surface area contributed by atoms with Crippen molar-refractivity contribution in [3.8, 4) is 23.3 Å². The van der Waals surface area contributed by atoms with Crippen molar-refractivity contribution in [1.29, 1.82) is 5.26 Å². The minimum absolute atomic E-state index is 0.260. The molecule has 0 aromatic heterocycles. The monoisotopic (exact) mass is 419 g/mol. The Morgan fingerprint density at radius 2 is 1.63 bits per heavy atom. The molecule has 0 bridgehead atoms. The first-order valence-electron chi connectivity index (χ1n) is 8.96. The maximum absolute atomic E-state index is 12.6. The summed E-state index contributed by atoms with van der Waals surface area (Å²) in [6.45, 7) is 0. The van der Waals surface area contributed by atoms with E-state index in [9.17, 15) is 10.1 Å². The summed E-state index contributed by atoms with van der Waals surface area (Å²) in [5, 5.41) is 10.1. The van der Waals surface area contributed by atoms with Gasteiger partial charge in [-0.25, -0.2) is 4.79 Å². The van der Waals surface area contributed by atoms with E-state index in [4.69, 9.17) is 25.8 Å². The van der Waals surface area contributed by atoms with Crippen molar-refractivity contribution in [3.05, 3.63) is 88.4 Å². The molecule has 5 nitrogen and oxygen atoms in total. The van der Waals surface area contributed by atoms with E-state index in [1.807, 2.05) is 0 Å². The van der Waals surface area contributed by atoms with E-state index in [1.54, 1.807) is 72.8 Å². The van der Waals surface area contributed by atoms with E-state index < -0.39 is 5.97 Å². The lowest BCUT2D eigenvalue weighted by Gasteiger charge is -2.12. The summed E-state index contributed by atoms with van der Waals surface area (Å²) in [6, 6.07) is 21.0. The number of hydrogen-bond acceptors (Lipinski definition) is 5. The van der Waals surface area contributed by atoms with Crippen LogP contribution in [0.25, 0.3) is 11.6 Å². The third-order valence-corrected chi connectivity index (χ3v) is 4.56. The van der Waals surface area contributed by atoms with Crippen LogP contribution in [0.2, 0.25) is 5.02 Å². The zero-order chi connectivity index (χ0) is 21.5. The number of carbonyl (C=O) groups excluding carboxylic acids is 1. The van der Waals surface area contributed by atoms with Gasteiger partial charge in [-0.2, -0.15) is 5.26 Å². The van der Waals surface area contributed by atoms with Crippen molar-refractivity contribution < 1.29 is 19.0 Å². The van der Waals surface area contributed by atoms with Crippen LogP contribution in [0, 0.1) is 11.3 Å². The number of rotatable bonds is 6. The zero-order valence-corrected chi connectivity index (χ0v) is 17.1. The standard InChI is InChI=1S/C24H18ClNO4/c1-28-21-6-4-3-5-20(21)24(27)30-22-12-7-16(14-23(22)29-2)13-18(15-26)17-8-10-19(25)11-9-17/h3-14H,1-2H3. The molecule has 3 rings (SSSR count). The molecule has 0 N–H and O–H groups in total. The Bertz CT molecular complexity index is 1130. The molecule has 0 saturated carbocycles. The average molecular weight is 420 g/mol. The minimum atomic E-state index is -0.562. The second-order valence-corrected chi connectivity index (χ2v) is 6.61. The molecule has 0 aliphatic rings. The summed E-state index contributed by atoms with van der Waals surface area (Å²) in [4.78, 5) is 12.6. The third-order valence-electron chi connectivity index (χ3n) is 4.30. The molecule has 3 aromatic rings. The predicted octanol–water partition coefficient (Wildman–Crippen LogP) is 5.64. The number of allylic oxidation sites excluding steroid dienone is 1. The first kappa shape index (κ1) is 21.0. The van der Waals surface area contributed by atoms with Crippen molar-refractivity contribution >= 4 is 29.2 Å². The summed E-state index contributed by atoms with van der Waals surface area (Å²) in [5.41, 5.74) is 2.23.